The van der Waals surface area contributed by atoms with Gasteiger partial charge in [0.05, 0.1) is 25.0 Å². The highest BCUT2D eigenvalue weighted by Crippen LogP contribution is 2.33. The Morgan fingerprint density at radius 1 is 1.00 bits per heavy atom. The highest BCUT2D eigenvalue weighted by atomic mass is 16.5. The van der Waals surface area contributed by atoms with Gasteiger partial charge in [0.1, 0.15) is 0 Å². The van der Waals surface area contributed by atoms with Crippen LogP contribution >= 0.6 is 0 Å². The van der Waals surface area contributed by atoms with Gasteiger partial charge in [0.15, 0.2) is 12.4 Å². The smallest absolute Gasteiger partial charge is 0.338 e. The van der Waals surface area contributed by atoms with E-state index >= 15 is 0 Å². The summed E-state index contributed by atoms with van der Waals surface area (Å²) in [6, 6.07) is 9.44. The largest absolute Gasteiger partial charge is 0.459 e. The van der Waals surface area contributed by atoms with Gasteiger partial charge in [-0.3, -0.25) is 14.5 Å². The van der Waals surface area contributed by atoms with Crippen LogP contribution in [-0.2, 0) is 14.3 Å². The fourth-order valence-electron chi connectivity index (χ4n) is 4.67. The molecular formula is C25H31N3O6. The van der Waals surface area contributed by atoms with E-state index in [0.29, 0.717) is 17.8 Å². The predicted octanol–water partition coefficient (Wildman–Crippen LogP) is 2.84. The second kappa shape index (κ2) is 11.3. The van der Waals surface area contributed by atoms with Crippen molar-refractivity contribution in [1.29, 1.82) is 0 Å². The lowest BCUT2D eigenvalue weighted by Crippen LogP contribution is -2.59. The SMILES string of the molecule is O=C(COC(=O)c1ccc(NC(=O)c2ccco2)cc1)NCC1(N2CCOCC2)CCCCC1. The first kappa shape index (κ1) is 24.0. The molecule has 4 rings (SSSR count). The summed E-state index contributed by atoms with van der Waals surface area (Å²) in [5, 5.41) is 5.66. The molecule has 2 aromatic rings. The first-order chi connectivity index (χ1) is 16.6. The Kier molecular flexibility index (Phi) is 7.97. The van der Waals surface area contributed by atoms with Gasteiger partial charge in [-0.15, -0.1) is 0 Å². The molecule has 2 heterocycles. The molecule has 0 radical (unpaired) electrons. The molecule has 9 heteroatoms. The van der Waals surface area contributed by atoms with Crippen LogP contribution in [0.1, 0.15) is 53.0 Å². The molecule has 2 fully saturated rings. The van der Waals surface area contributed by atoms with Crippen molar-refractivity contribution in [2.45, 2.75) is 37.6 Å². The van der Waals surface area contributed by atoms with Gasteiger partial charge in [-0.2, -0.15) is 0 Å². The van der Waals surface area contributed by atoms with Gasteiger partial charge < -0.3 is 24.5 Å². The van der Waals surface area contributed by atoms with E-state index in [1.807, 2.05) is 0 Å². The lowest BCUT2D eigenvalue weighted by Gasteiger charge is -2.48. The average Bonchev–Trinajstić information content (AvgIpc) is 3.43. The van der Waals surface area contributed by atoms with Gasteiger partial charge in [-0.25, -0.2) is 4.79 Å². The number of benzene rings is 1. The maximum absolute atomic E-state index is 12.4. The maximum Gasteiger partial charge on any atom is 0.338 e. The van der Waals surface area contributed by atoms with E-state index in [4.69, 9.17) is 13.9 Å². The highest BCUT2D eigenvalue weighted by Gasteiger charge is 2.38. The molecule has 1 aliphatic carbocycles. The number of ether oxygens (including phenoxy) is 2. The summed E-state index contributed by atoms with van der Waals surface area (Å²) in [6.07, 6.45) is 7.05. The van der Waals surface area contributed by atoms with E-state index < -0.39 is 5.97 Å². The molecular weight excluding hydrogens is 438 g/mol. The second-order valence-corrected chi connectivity index (χ2v) is 8.75. The van der Waals surface area contributed by atoms with Crippen LogP contribution in [0.15, 0.2) is 47.1 Å². The minimum atomic E-state index is -0.598. The lowest BCUT2D eigenvalue weighted by molar-refractivity contribution is -0.125. The summed E-state index contributed by atoms with van der Waals surface area (Å²) in [4.78, 5) is 39.3. The molecule has 1 saturated carbocycles. The van der Waals surface area contributed by atoms with Crippen molar-refractivity contribution in [2.75, 3.05) is 44.8 Å². The number of carbonyl (C=O) groups excluding carboxylic acids is 3. The molecule has 0 spiro atoms. The van der Waals surface area contributed by atoms with Crippen LogP contribution in [0.5, 0.6) is 0 Å². The van der Waals surface area contributed by atoms with Crippen molar-refractivity contribution in [3.05, 3.63) is 54.0 Å². The van der Waals surface area contributed by atoms with Crippen LogP contribution in [0, 0.1) is 0 Å². The topological polar surface area (TPSA) is 110 Å². The van der Waals surface area contributed by atoms with E-state index in [0.717, 1.165) is 52.0 Å². The first-order valence-electron chi connectivity index (χ1n) is 11.8. The number of hydrogen-bond donors (Lipinski definition) is 2. The third-order valence-electron chi connectivity index (χ3n) is 6.54. The van der Waals surface area contributed by atoms with Crippen molar-refractivity contribution in [3.8, 4) is 0 Å². The third-order valence-corrected chi connectivity index (χ3v) is 6.54. The summed E-state index contributed by atoms with van der Waals surface area (Å²) < 4.78 is 15.8. The molecule has 1 aromatic carbocycles. The summed E-state index contributed by atoms with van der Waals surface area (Å²) >= 11 is 0. The molecule has 1 aromatic heterocycles. The third kappa shape index (κ3) is 6.03. The van der Waals surface area contributed by atoms with Crippen LogP contribution in [0.4, 0.5) is 5.69 Å². The molecule has 182 valence electrons. The number of nitrogens with one attached hydrogen (secondary N) is 2. The number of nitrogens with zero attached hydrogens (tertiary/aromatic N) is 1. The molecule has 0 unspecified atom stereocenters. The van der Waals surface area contributed by atoms with E-state index in [1.54, 1.807) is 24.3 Å². The minimum absolute atomic E-state index is 0.0440. The average molecular weight is 470 g/mol. The molecule has 34 heavy (non-hydrogen) atoms. The summed E-state index contributed by atoms with van der Waals surface area (Å²) in [5.41, 5.74) is 0.759. The minimum Gasteiger partial charge on any atom is -0.459 e. The lowest BCUT2D eigenvalue weighted by atomic mass is 9.79. The second-order valence-electron chi connectivity index (χ2n) is 8.75. The van der Waals surface area contributed by atoms with Crippen LogP contribution in [0.25, 0.3) is 0 Å². The number of anilines is 1. The number of morpholine rings is 1. The summed E-state index contributed by atoms with van der Waals surface area (Å²) in [5.74, 6) is -1.10. The predicted molar refractivity (Wildman–Crippen MR) is 125 cm³/mol. The zero-order valence-corrected chi connectivity index (χ0v) is 19.2. The number of esters is 1. The van der Waals surface area contributed by atoms with Crippen LogP contribution in [-0.4, -0.2) is 67.7 Å². The standard InChI is InChI=1S/C25H31N3O6/c29-22(26-18-25(10-2-1-3-11-25)28-12-15-32-16-13-28)17-34-24(31)19-6-8-20(9-7-19)27-23(30)21-5-4-14-33-21/h4-9,14H,1-3,10-13,15-18H2,(H,26,29)(H,27,30). The molecule has 2 aliphatic rings. The normalized spacial score (nSPS) is 18.1. The summed E-state index contributed by atoms with van der Waals surface area (Å²) in [6.45, 7) is 3.41. The number of hydrogen-bond acceptors (Lipinski definition) is 7. The molecule has 2 N–H and O–H groups in total. The Morgan fingerprint density at radius 3 is 2.41 bits per heavy atom. The van der Waals surface area contributed by atoms with Crippen molar-refractivity contribution in [1.82, 2.24) is 10.2 Å². The van der Waals surface area contributed by atoms with Gasteiger partial charge >= 0.3 is 5.97 Å². The number of carbonyl (C=O) groups is 3. The fraction of sp³-hybridized carbons (Fsp3) is 0.480. The molecule has 1 aliphatic heterocycles. The van der Waals surface area contributed by atoms with Crippen molar-refractivity contribution >= 4 is 23.5 Å². The Balaban J connectivity index is 1.24. The van der Waals surface area contributed by atoms with E-state index in [1.165, 1.54) is 24.8 Å². The molecule has 9 nitrogen and oxygen atoms in total. The van der Waals surface area contributed by atoms with Gasteiger partial charge in [0.2, 0.25) is 0 Å². The fourth-order valence-corrected chi connectivity index (χ4v) is 4.67. The number of amides is 2. The first-order valence-corrected chi connectivity index (χ1v) is 11.8. The molecule has 2 amide bonds. The van der Waals surface area contributed by atoms with Gasteiger partial charge in [-0.05, 0) is 49.2 Å². The van der Waals surface area contributed by atoms with Crippen LogP contribution in [0.2, 0.25) is 0 Å². The van der Waals surface area contributed by atoms with Crippen molar-refractivity contribution in [2.24, 2.45) is 0 Å². The van der Waals surface area contributed by atoms with Gasteiger partial charge in [0, 0.05) is 30.9 Å². The number of rotatable bonds is 8. The zero-order chi connectivity index (χ0) is 23.8. The van der Waals surface area contributed by atoms with Crippen LogP contribution < -0.4 is 10.6 Å². The maximum atomic E-state index is 12.4. The van der Waals surface area contributed by atoms with E-state index in [2.05, 4.69) is 15.5 Å². The van der Waals surface area contributed by atoms with Crippen LogP contribution in [0.3, 0.4) is 0 Å². The van der Waals surface area contributed by atoms with E-state index in [9.17, 15) is 14.4 Å². The molecule has 0 bridgehead atoms. The van der Waals surface area contributed by atoms with Gasteiger partial charge in [-0.1, -0.05) is 19.3 Å². The number of furan rings is 1. The zero-order valence-electron chi connectivity index (χ0n) is 19.2. The molecule has 1 saturated heterocycles. The Morgan fingerprint density at radius 2 is 1.74 bits per heavy atom. The molecule has 0 atom stereocenters. The van der Waals surface area contributed by atoms with Crippen molar-refractivity contribution in [3.63, 3.8) is 0 Å². The summed E-state index contributed by atoms with van der Waals surface area (Å²) in [7, 11) is 0. The van der Waals surface area contributed by atoms with Gasteiger partial charge in [0.25, 0.3) is 11.8 Å². The Hall–Kier alpha value is -3.17. The Bertz CT molecular complexity index is 961. The van der Waals surface area contributed by atoms with E-state index in [-0.39, 0.29) is 29.7 Å². The van der Waals surface area contributed by atoms with Crippen molar-refractivity contribution < 1.29 is 28.3 Å². The quantitative estimate of drug-likeness (QED) is 0.572. The Labute approximate surface area is 198 Å². The monoisotopic (exact) mass is 469 g/mol. The highest BCUT2D eigenvalue weighted by molar-refractivity contribution is 6.02.